The minimum Gasteiger partial charge on any atom is -0.456 e. The van der Waals surface area contributed by atoms with E-state index in [-0.39, 0.29) is 38.7 Å². The van der Waals surface area contributed by atoms with Crippen LogP contribution in [0.3, 0.4) is 0 Å². The Bertz CT molecular complexity index is 1240. The Morgan fingerprint density at radius 1 is 1.13 bits per heavy atom. The van der Waals surface area contributed by atoms with Crippen molar-refractivity contribution in [2.24, 2.45) is 0 Å². The molecule has 31 heavy (non-hydrogen) atoms. The lowest BCUT2D eigenvalue weighted by atomic mass is 10.1. The van der Waals surface area contributed by atoms with E-state index in [2.05, 4.69) is 22.6 Å². The van der Waals surface area contributed by atoms with Crippen LogP contribution in [0.25, 0.3) is 17.4 Å². The van der Waals surface area contributed by atoms with Gasteiger partial charge in [0, 0.05) is 20.7 Å². The molecule has 4 rings (SSSR count). The molecule has 2 aromatic carbocycles. The summed E-state index contributed by atoms with van der Waals surface area (Å²) in [5.74, 6) is 0.149. The zero-order chi connectivity index (χ0) is 22.1. The zero-order valence-electron chi connectivity index (χ0n) is 15.6. The second-order valence-corrected chi connectivity index (χ2v) is 9.19. The molecule has 156 valence electrons. The van der Waals surface area contributed by atoms with Gasteiger partial charge in [0.15, 0.2) is 0 Å². The van der Waals surface area contributed by atoms with Gasteiger partial charge in [0.1, 0.15) is 11.5 Å². The molecule has 1 fully saturated rings. The number of rotatable bonds is 5. The van der Waals surface area contributed by atoms with Crippen LogP contribution >= 0.6 is 46.0 Å². The predicted molar refractivity (Wildman–Crippen MR) is 126 cm³/mol. The van der Waals surface area contributed by atoms with Crippen LogP contribution in [0.1, 0.15) is 11.3 Å². The van der Waals surface area contributed by atoms with Crippen molar-refractivity contribution in [3.8, 4) is 11.3 Å². The Labute approximate surface area is 199 Å². The van der Waals surface area contributed by atoms with Gasteiger partial charge in [-0.2, -0.15) is 0 Å². The zero-order valence-corrected chi connectivity index (χ0v) is 19.3. The number of carbonyl (C=O) groups excluding carboxylic acids is 2. The lowest BCUT2D eigenvalue weighted by Crippen LogP contribution is -2.27. The standard InChI is InChI=1S/C21H12ClIN2O5S/c22-13-3-7-16(17(9-13)25(28)29)18-8-6-15(30-18)10-19-20(26)24(21(27)31-19)11-12-1-4-14(23)5-2-12/h1-10H,11H2/b19-10-. The molecule has 0 atom stereocenters. The number of carbonyl (C=O) groups is 2. The maximum absolute atomic E-state index is 12.7. The van der Waals surface area contributed by atoms with E-state index in [1.807, 2.05) is 24.3 Å². The molecule has 1 aromatic heterocycles. The molecule has 0 aliphatic carbocycles. The number of halogens is 2. The molecule has 0 spiro atoms. The van der Waals surface area contributed by atoms with Gasteiger partial charge in [-0.25, -0.2) is 0 Å². The summed E-state index contributed by atoms with van der Waals surface area (Å²) in [6.07, 6.45) is 1.46. The predicted octanol–water partition coefficient (Wildman–Crippen LogP) is 6.35. The van der Waals surface area contributed by atoms with Crippen molar-refractivity contribution in [2.45, 2.75) is 6.54 Å². The van der Waals surface area contributed by atoms with Gasteiger partial charge in [-0.15, -0.1) is 0 Å². The minimum atomic E-state index is -0.542. The second-order valence-electron chi connectivity index (χ2n) is 6.51. The van der Waals surface area contributed by atoms with Crippen LogP contribution in [0.15, 0.2) is 63.9 Å². The first-order valence-electron chi connectivity index (χ1n) is 8.86. The third-order valence-corrected chi connectivity index (χ3v) is 6.31. The highest BCUT2D eigenvalue weighted by molar-refractivity contribution is 14.1. The number of furan rings is 1. The fourth-order valence-corrected chi connectivity index (χ4v) is 4.32. The average molecular weight is 567 g/mol. The summed E-state index contributed by atoms with van der Waals surface area (Å²) in [4.78, 5) is 37.2. The summed E-state index contributed by atoms with van der Waals surface area (Å²) in [5.41, 5.74) is 0.923. The monoisotopic (exact) mass is 566 g/mol. The van der Waals surface area contributed by atoms with E-state index in [4.69, 9.17) is 16.0 Å². The van der Waals surface area contributed by atoms with Gasteiger partial charge >= 0.3 is 0 Å². The topological polar surface area (TPSA) is 93.7 Å². The first-order valence-corrected chi connectivity index (χ1v) is 11.1. The molecule has 0 bridgehead atoms. The largest absolute Gasteiger partial charge is 0.456 e. The van der Waals surface area contributed by atoms with E-state index in [0.717, 1.165) is 20.9 Å². The van der Waals surface area contributed by atoms with Crippen LogP contribution in [0, 0.1) is 13.7 Å². The molecule has 0 radical (unpaired) electrons. The summed E-state index contributed by atoms with van der Waals surface area (Å²) in [7, 11) is 0. The molecule has 10 heteroatoms. The highest BCUT2D eigenvalue weighted by Gasteiger charge is 2.35. The SMILES string of the molecule is O=C1S/C(=C\c2ccc(-c3ccc(Cl)cc3[N+](=O)[O-])o2)C(=O)N1Cc1ccc(I)cc1. The van der Waals surface area contributed by atoms with Crippen molar-refractivity contribution in [3.05, 3.63) is 89.5 Å². The Morgan fingerprint density at radius 3 is 2.58 bits per heavy atom. The second kappa shape index (κ2) is 8.85. The van der Waals surface area contributed by atoms with Crippen LogP contribution in [0.5, 0.6) is 0 Å². The quantitative estimate of drug-likeness (QED) is 0.155. The van der Waals surface area contributed by atoms with Crippen molar-refractivity contribution in [2.75, 3.05) is 0 Å². The number of hydrogen-bond acceptors (Lipinski definition) is 6. The third kappa shape index (κ3) is 4.68. The van der Waals surface area contributed by atoms with Crippen LogP contribution in [0.4, 0.5) is 10.5 Å². The Balaban J connectivity index is 1.57. The molecule has 2 amide bonds. The lowest BCUT2D eigenvalue weighted by Gasteiger charge is -2.12. The fourth-order valence-electron chi connectivity index (χ4n) is 2.98. The third-order valence-electron chi connectivity index (χ3n) is 4.45. The van der Waals surface area contributed by atoms with Gasteiger partial charge in [0.2, 0.25) is 0 Å². The van der Waals surface area contributed by atoms with Gasteiger partial charge in [0.25, 0.3) is 16.8 Å². The molecule has 1 aliphatic heterocycles. The molecule has 7 nitrogen and oxygen atoms in total. The van der Waals surface area contributed by atoms with E-state index in [1.54, 1.807) is 12.1 Å². The number of thioether (sulfide) groups is 1. The molecule has 1 aliphatic rings. The minimum absolute atomic E-state index is 0.180. The highest BCUT2D eigenvalue weighted by atomic mass is 127. The van der Waals surface area contributed by atoms with E-state index in [1.165, 1.54) is 29.2 Å². The Hall–Kier alpha value is -2.63. The van der Waals surface area contributed by atoms with E-state index >= 15 is 0 Å². The van der Waals surface area contributed by atoms with Crippen LogP contribution in [-0.4, -0.2) is 21.0 Å². The van der Waals surface area contributed by atoms with Crippen molar-refractivity contribution in [1.29, 1.82) is 0 Å². The number of nitro groups is 1. The highest BCUT2D eigenvalue weighted by Crippen LogP contribution is 2.36. The summed E-state index contributed by atoms with van der Waals surface area (Å²) < 4.78 is 6.75. The molecule has 2 heterocycles. The average Bonchev–Trinajstić information content (AvgIpc) is 3.29. The maximum atomic E-state index is 12.7. The number of nitro benzene ring substituents is 1. The smallest absolute Gasteiger partial charge is 0.293 e. The van der Waals surface area contributed by atoms with Crippen LogP contribution < -0.4 is 0 Å². The first kappa shape index (κ1) is 21.6. The molecule has 0 saturated carbocycles. The normalized spacial score (nSPS) is 15.2. The van der Waals surface area contributed by atoms with Crippen molar-refractivity contribution in [1.82, 2.24) is 4.90 Å². The van der Waals surface area contributed by atoms with Gasteiger partial charge in [0.05, 0.1) is 21.9 Å². The van der Waals surface area contributed by atoms with Gasteiger partial charge < -0.3 is 4.42 Å². The molecular weight excluding hydrogens is 555 g/mol. The maximum Gasteiger partial charge on any atom is 0.293 e. The summed E-state index contributed by atoms with van der Waals surface area (Å²) >= 11 is 8.86. The Morgan fingerprint density at radius 2 is 1.87 bits per heavy atom. The molecule has 0 N–H and O–H groups in total. The fraction of sp³-hybridized carbons (Fsp3) is 0.0476. The van der Waals surface area contributed by atoms with Gasteiger partial charge in [-0.3, -0.25) is 24.6 Å². The van der Waals surface area contributed by atoms with Crippen molar-refractivity contribution < 1.29 is 18.9 Å². The number of benzene rings is 2. The molecule has 3 aromatic rings. The number of amides is 2. The molecule has 1 saturated heterocycles. The molecule has 0 unspecified atom stereocenters. The summed E-state index contributed by atoms with van der Waals surface area (Å²) in [6.45, 7) is 0.180. The van der Waals surface area contributed by atoms with Gasteiger partial charge in [-0.1, -0.05) is 23.7 Å². The number of hydrogen-bond donors (Lipinski definition) is 0. The van der Waals surface area contributed by atoms with Crippen LogP contribution in [-0.2, 0) is 11.3 Å². The van der Waals surface area contributed by atoms with Gasteiger partial charge in [-0.05, 0) is 76.3 Å². The first-order chi connectivity index (χ1) is 14.8. The number of imide groups is 1. The van der Waals surface area contributed by atoms with Crippen molar-refractivity contribution >= 4 is 68.9 Å². The summed E-state index contributed by atoms with van der Waals surface area (Å²) in [5, 5.41) is 11.2. The van der Waals surface area contributed by atoms with E-state index < -0.39 is 10.8 Å². The Kier molecular flexibility index (Phi) is 6.17. The molecular formula is C21H12ClIN2O5S. The van der Waals surface area contributed by atoms with Crippen molar-refractivity contribution in [3.63, 3.8) is 0 Å². The van der Waals surface area contributed by atoms with Crippen LogP contribution in [0.2, 0.25) is 5.02 Å². The number of nitrogens with zero attached hydrogens (tertiary/aromatic N) is 2. The van der Waals surface area contributed by atoms with E-state index in [0.29, 0.717) is 5.76 Å². The summed E-state index contributed by atoms with van der Waals surface area (Å²) in [6, 6.07) is 15.0. The lowest BCUT2D eigenvalue weighted by molar-refractivity contribution is -0.384. The van der Waals surface area contributed by atoms with E-state index in [9.17, 15) is 19.7 Å².